The van der Waals surface area contributed by atoms with Gasteiger partial charge in [-0.2, -0.15) is 4.31 Å². The average Bonchev–Trinajstić information content (AvgIpc) is 3.38. The first-order valence-electron chi connectivity index (χ1n) is 13.8. The maximum Gasteiger partial charge on any atom is 0.314 e. The topological polar surface area (TPSA) is 63.7 Å². The summed E-state index contributed by atoms with van der Waals surface area (Å²) in [5, 5.41) is 0. The molecule has 5 nitrogen and oxygen atoms in total. The summed E-state index contributed by atoms with van der Waals surface area (Å²) in [5.41, 5.74) is 2.35. The van der Waals surface area contributed by atoms with E-state index in [0.717, 1.165) is 36.0 Å². The van der Waals surface area contributed by atoms with Gasteiger partial charge in [0.05, 0.1) is 16.9 Å². The van der Waals surface area contributed by atoms with Crippen LogP contribution in [-0.4, -0.2) is 31.3 Å². The van der Waals surface area contributed by atoms with E-state index in [1.807, 2.05) is 74.5 Å². The van der Waals surface area contributed by atoms with Crippen LogP contribution in [0.25, 0.3) is 0 Å². The number of esters is 1. The molecule has 0 amide bonds. The van der Waals surface area contributed by atoms with Crippen molar-refractivity contribution in [3.05, 3.63) is 114 Å². The predicted molar refractivity (Wildman–Crippen MR) is 156 cm³/mol. The Morgan fingerprint density at radius 3 is 2.05 bits per heavy atom. The van der Waals surface area contributed by atoms with Crippen molar-refractivity contribution >= 4 is 16.0 Å². The number of nitrogens with zero attached hydrogens (tertiary/aromatic N) is 1. The van der Waals surface area contributed by atoms with E-state index in [0.29, 0.717) is 12.8 Å². The summed E-state index contributed by atoms with van der Waals surface area (Å²) in [7, 11) is -3.93. The van der Waals surface area contributed by atoms with E-state index in [1.165, 1.54) is 4.31 Å². The Balaban J connectivity index is 1.79. The molecular formula is C33H39NO4S. The number of aryl methyl sites for hydroxylation is 1. The lowest BCUT2D eigenvalue weighted by Crippen LogP contribution is -2.39. The van der Waals surface area contributed by atoms with Gasteiger partial charge in [0, 0.05) is 12.0 Å². The summed E-state index contributed by atoms with van der Waals surface area (Å²) in [4.78, 5) is 13.4. The highest BCUT2D eigenvalue weighted by molar-refractivity contribution is 7.89. The molecule has 1 aliphatic heterocycles. The number of sulfonamides is 1. The van der Waals surface area contributed by atoms with Gasteiger partial charge >= 0.3 is 5.97 Å². The van der Waals surface area contributed by atoms with Crippen LogP contribution < -0.4 is 0 Å². The van der Waals surface area contributed by atoms with Crippen molar-refractivity contribution in [2.45, 2.75) is 69.2 Å². The van der Waals surface area contributed by atoms with Crippen LogP contribution in [0.15, 0.2) is 102 Å². The van der Waals surface area contributed by atoms with Crippen molar-refractivity contribution in [1.82, 2.24) is 4.31 Å². The lowest BCUT2D eigenvalue weighted by molar-refractivity contribution is -0.145. The van der Waals surface area contributed by atoms with Gasteiger partial charge in [0.1, 0.15) is 5.76 Å². The molecule has 1 fully saturated rings. The second-order valence-electron chi connectivity index (χ2n) is 10.5. The molecule has 0 bridgehead atoms. The molecule has 3 aromatic carbocycles. The van der Waals surface area contributed by atoms with Crippen LogP contribution in [-0.2, 0) is 25.0 Å². The highest BCUT2D eigenvalue weighted by Gasteiger charge is 2.52. The molecular weight excluding hydrogens is 506 g/mol. The van der Waals surface area contributed by atoms with Gasteiger partial charge in [-0.25, -0.2) is 8.42 Å². The zero-order chi connectivity index (χ0) is 28.0. The molecule has 0 radical (unpaired) electrons. The number of hydrogen-bond acceptors (Lipinski definition) is 4. The van der Waals surface area contributed by atoms with Gasteiger partial charge < -0.3 is 4.74 Å². The summed E-state index contributed by atoms with van der Waals surface area (Å²) < 4.78 is 35.7. The van der Waals surface area contributed by atoms with Crippen LogP contribution in [0.2, 0.25) is 0 Å². The van der Waals surface area contributed by atoms with Crippen LogP contribution in [0.4, 0.5) is 0 Å². The van der Waals surface area contributed by atoms with Crippen LogP contribution in [0, 0.1) is 12.8 Å². The highest BCUT2D eigenvalue weighted by atomic mass is 32.2. The van der Waals surface area contributed by atoms with Crippen LogP contribution in [0.3, 0.4) is 0 Å². The number of hydrogen-bond donors (Lipinski definition) is 0. The number of ether oxygens (including phenoxy) is 1. The molecule has 0 aromatic heterocycles. The molecule has 1 saturated heterocycles. The fourth-order valence-electron chi connectivity index (χ4n) is 5.56. The predicted octanol–water partition coefficient (Wildman–Crippen LogP) is 7.02. The molecule has 39 heavy (non-hydrogen) atoms. The van der Waals surface area contributed by atoms with Gasteiger partial charge in [0.2, 0.25) is 10.0 Å². The second-order valence-corrected chi connectivity index (χ2v) is 12.4. The van der Waals surface area contributed by atoms with Gasteiger partial charge in [-0.3, -0.25) is 4.79 Å². The van der Waals surface area contributed by atoms with E-state index in [4.69, 9.17) is 4.74 Å². The number of carbonyl (C=O) groups excluding carboxylic acids is 1. The first-order chi connectivity index (χ1) is 18.7. The molecule has 2 atom stereocenters. The zero-order valence-corrected chi connectivity index (χ0v) is 24.0. The Morgan fingerprint density at radius 1 is 0.974 bits per heavy atom. The van der Waals surface area contributed by atoms with Gasteiger partial charge in [0.15, 0.2) is 0 Å². The molecule has 3 aromatic rings. The highest BCUT2D eigenvalue weighted by Crippen LogP contribution is 2.47. The van der Waals surface area contributed by atoms with Crippen LogP contribution >= 0.6 is 0 Å². The minimum Gasteiger partial charge on any atom is -0.430 e. The molecule has 2 unspecified atom stereocenters. The number of rotatable bonds is 11. The average molecular weight is 546 g/mol. The SMILES string of the molecule is C=C(OC(=O)C(CC)CCCC)C1CC(c2ccccc2)(c2ccccc2)CN1S(=O)(=O)c1ccc(C)cc1. The van der Waals surface area contributed by atoms with Gasteiger partial charge in [-0.1, -0.05) is 112 Å². The minimum atomic E-state index is -3.93. The third kappa shape index (κ3) is 6.02. The number of benzene rings is 3. The smallest absolute Gasteiger partial charge is 0.314 e. The Bertz CT molecular complexity index is 1330. The first kappa shape index (κ1) is 28.8. The molecule has 0 spiro atoms. The summed E-state index contributed by atoms with van der Waals surface area (Å²) >= 11 is 0. The van der Waals surface area contributed by atoms with Crippen LogP contribution in [0.1, 0.15) is 62.6 Å². The van der Waals surface area contributed by atoms with Crippen LogP contribution in [0.5, 0.6) is 0 Å². The van der Waals surface area contributed by atoms with Gasteiger partial charge in [0.25, 0.3) is 0 Å². The lowest BCUT2D eigenvalue weighted by Gasteiger charge is -2.30. The fourth-order valence-corrected chi connectivity index (χ4v) is 7.23. The monoisotopic (exact) mass is 545 g/mol. The van der Waals surface area contributed by atoms with E-state index in [2.05, 4.69) is 13.5 Å². The molecule has 1 heterocycles. The van der Waals surface area contributed by atoms with Crippen molar-refractivity contribution in [3.8, 4) is 0 Å². The third-order valence-corrected chi connectivity index (χ3v) is 9.80. The molecule has 206 valence electrons. The minimum absolute atomic E-state index is 0.180. The standard InChI is InChI=1S/C33H39NO4S/c1-5-7-14-27(6-2)32(35)38-26(4)31-23-33(28-15-10-8-11-16-28,29-17-12-9-13-18-29)24-34(31)39(36,37)30-21-19-25(3)20-22-30/h8-13,15-22,27,31H,4-7,14,23-24H2,1-3H3. The maximum atomic E-state index is 14.2. The zero-order valence-electron chi connectivity index (χ0n) is 23.2. The molecule has 0 saturated carbocycles. The first-order valence-corrected chi connectivity index (χ1v) is 15.3. The van der Waals surface area contributed by atoms with Crippen molar-refractivity contribution in [2.24, 2.45) is 5.92 Å². The Kier molecular flexibility index (Phi) is 9.08. The van der Waals surface area contributed by atoms with Crippen molar-refractivity contribution in [2.75, 3.05) is 6.54 Å². The fraction of sp³-hybridized carbons (Fsp3) is 0.364. The summed E-state index contributed by atoms with van der Waals surface area (Å²) in [6, 6.07) is 26.1. The molecule has 0 aliphatic carbocycles. The van der Waals surface area contributed by atoms with E-state index < -0.39 is 21.5 Å². The number of unbranched alkanes of at least 4 members (excludes halogenated alkanes) is 1. The molecule has 1 aliphatic rings. The largest absolute Gasteiger partial charge is 0.430 e. The van der Waals surface area contributed by atoms with E-state index in [-0.39, 0.29) is 29.1 Å². The molecule has 0 N–H and O–H groups in total. The quantitative estimate of drug-likeness (QED) is 0.192. The molecule has 6 heteroatoms. The number of carbonyl (C=O) groups is 1. The normalized spacial score (nSPS) is 18.0. The Hall–Kier alpha value is -3.22. The maximum absolute atomic E-state index is 14.2. The summed E-state index contributed by atoms with van der Waals surface area (Å²) in [6.45, 7) is 10.3. The summed E-state index contributed by atoms with van der Waals surface area (Å²) in [5.74, 6) is -0.391. The second kappa shape index (κ2) is 12.3. The van der Waals surface area contributed by atoms with Crippen molar-refractivity contribution in [3.63, 3.8) is 0 Å². The van der Waals surface area contributed by atoms with E-state index >= 15 is 0 Å². The summed E-state index contributed by atoms with van der Waals surface area (Å²) in [6.07, 6.45) is 3.74. The van der Waals surface area contributed by atoms with Crippen molar-refractivity contribution in [1.29, 1.82) is 0 Å². The Labute approximate surface area is 233 Å². The van der Waals surface area contributed by atoms with E-state index in [1.54, 1.807) is 24.3 Å². The Morgan fingerprint density at radius 2 is 1.54 bits per heavy atom. The third-order valence-electron chi connectivity index (χ3n) is 7.93. The van der Waals surface area contributed by atoms with E-state index in [9.17, 15) is 13.2 Å². The van der Waals surface area contributed by atoms with Crippen molar-refractivity contribution < 1.29 is 17.9 Å². The molecule has 4 rings (SSSR count). The van der Waals surface area contributed by atoms with Gasteiger partial charge in [-0.15, -0.1) is 0 Å². The lowest BCUT2D eigenvalue weighted by atomic mass is 9.73. The van der Waals surface area contributed by atoms with Gasteiger partial charge in [-0.05, 0) is 49.4 Å².